The van der Waals surface area contributed by atoms with Crippen LogP contribution in [0.2, 0.25) is 0 Å². The van der Waals surface area contributed by atoms with Gasteiger partial charge < -0.3 is 10.1 Å². The highest BCUT2D eigenvalue weighted by Crippen LogP contribution is 2.53. The maximum Gasteiger partial charge on any atom is 0.140 e. The van der Waals surface area contributed by atoms with Crippen molar-refractivity contribution in [3.05, 3.63) is 24.0 Å². The van der Waals surface area contributed by atoms with Crippen LogP contribution < -0.4 is 5.32 Å². The number of rotatable bonds is 2. The third-order valence-corrected chi connectivity index (χ3v) is 4.30. The molecule has 94 valence electrons. The van der Waals surface area contributed by atoms with Crippen LogP contribution in [0.15, 0.2) is 18.3 Å². The van der Waals surface area contributed by atoms with Crippen molar-refractivity contribution < 1.29 is 4.74 Å². The molecule has 4 heteroatoms. The van der Waals surface area contributed by atoms with Crippen LogP contribution in [-0.2, 0) is 4.74 Å². The van der Waals surface area contributed by atoms with Crippen LogP contribution in [0.1, 0.15) is 26.0 Å². The molecule has 2 fully saturated rings. The fourth-order valence-corrected chi connectivity index (χ4v) is 3.34. The van der Waals surface area contributed by atoms with E-state index in [1.807, 2.05) is 12.1 Å². The van der Waals surface area contributed by atoms with E-state index >= 15 is 0 Å². The van der Waals surface area contributed by atoms with Gasteiger partial charge in [0.15, 0.2) is 0 Å². The Labute approximate surface area is 107 Å². The third kappa shape index (κ3) is 1.58. The number of anilines is 1. The van der Waals surface area contributed by atoms with Crippen LogP contribution in [0, 0.1) is 22.7 Å². The molecule has 0 aromatic carbocycles. The average molecular weight is 243 g/mol. The van der Waals surface area contributed by atoms with E-state index in [4.69, 9.17) is 10.00 Å². The van der Waals surface area contributed by atoms with E-state index in [1.165, 1.54) is 0 Å². The summed E-state index contributed by atoms with van der Waals surface area (Å²) in [6.45, 7) is 5.37. The van der Waals surface area contributed by atoms with Crippen molar-refractivity contribution in [2.45, 2.75) is 32.4 Å². The van der Waals surface area contributed by atoms with Gasteiger partial charge in [0, 0.05) is 24.0 Å². The lowest BCUT2D eigenvalue weighted by Gasteiger charge is -2.55. The van der Waals surface area contributed by atoms with Crippen molar-refractivity contribution in [2.75, 3.05) is 11.9 Å². The summed E-state index contributed by atoms with van der Waals surface area (Å²) >= 11 is 0. The Kier molecular flexibility index (Phi) is 2.53. The van der Waals surface area contributed by atoms with Gasteiger partial charge in [0.25, 0.3) is 0 Å². The molecule has 1 aromatic heterocycles. The first-order valence-corrected chi connectivity index (χ1v) is 6.37. The van der Waals surface area contributed by atoms with Crippen molar-refractivity contribution >= 4 is 5.69 Å². The van der Waals surface area contributed by atoms with Crippen molar-refractivity contribution in [3.63, 3.8) is 0 Å². The molecule has 3 atom stereocenters. The van der Waals surface area contributed by atoms with Gasteiger partial charge in [-0.3, -0.25) is 0 Å². The monoisotopic (exact) mass is 243 g/mol. The van der Waals surface area contributed by atoms with Gasteiger partial charge in [0.2, 0.25) is 0 Å². The number of hydrogen-bond acceptors (Lipinski definition) is 4. The molecule has 1 N–H and O–H groups in total. The number of pyridine rings is 1. The van der Waals surface area contributed by atoms with Crippen LogP contribution in [0.4, 0.5) is 5.69 Å². The van der Waals surface area contributed by atoms with Crippen LogP contribution in [-0.4, -0.2) is 23.7 Å². The summed E-state index contributed by atoms with van der Waals surface area (Å²) in [5, 5.41) is 12.3. The predicted octanol–water partition coefficient (Wildman–Crippen LogP) is 2.18. The smallest absolute Gasteiger partial charge is 0.140 e. The van der Waals surface area contributed by atoms with E-state index in [1.54, 1.807) is 12.3 Å². The number of ether oxygens (including phenoxy) is 1. The predicted molar refractivity (Wildman–Crippen MR) is 68.0 cm³/mol. The molecule has 1 saturated heterocycles. The highest BCUT2D eigenvalue weighted by Gasteiger charge is 2.59. The molecule has 4 nitrogen and oxygen atoms in total. The number of aromatic nitrogens is 1. The Hall–Kier alpha value is -1.60. The normalized spacial score (nSPS) is 32.2. The summed E-state index contributed by atoms with van der Waals surface area (Å²) in [4.78, 5) is 4.09. The molecule has 3 rings (SSSR count). The Bertz CT molecular complexity index is 489. The summed E-state index contributed by atoms with van der Waals surface area (Å²) in [6.07, 6.45) is 3.26. The zero-order chi connectivity index (χ0) is 12.8. The molecule has 1 aliphatic carbocycles. The number of nitriles is 1. The van der Waals surface area contributed by atoms with Crippen LogP contribution in [0.3, 0.4) is 0 Å². The lowest BCUT2D eigenvalue weighted by atomic mass is 9.57. The molecule has 0 amide bonds. The molecular formula is C14H17N3O. The quantitative estimate of drug-likeness (QED) is 0.865. The molecular weight excluding hydrogens is 226 g/mol. The molecule has 0 unspecified atom stereocenters. The maximum absolute atomic E-state index is 8.72. The lowest BCUT2D eigenvalue weighted by Crippen LogP contribution is -2.63. The molecule has 0 bridgehead atoms. The standard InChI is InChI=1S/C14H17N3O/c1-14(2)12(11-5-6-18-13(11)14)17-10-4-3-9(7-15)16-8-10/h3-4,8,11-13,17H,5-6H2,1-2H3/t11-,12+,13-/m0/s1. The topological polar surface area (TPSA) is 57.9 Å². The van der Waals surface area contributed by atoms with E-state index < -0.39 is 0 Å². The van der Waals surface area contributed by atoms with E-state index in [2.05, 4.69) is 24.1 Å². The lowest BCUT2D eigenvalue weighted by molar-refractivity contribution is -0.0923. The highest BCUT2D eigenvalue weighted by molar-refractivity contribution is 5.45. The first-order valence-electron chi connectivity index (χ1n) is 6.37. The summed E-state index contributed by atoms with van der Waals surface area (Å²) in [7, 11) is 0. The second kappa shape index (κ2) is 3.96. The number of hydrogen-bond donors (Lipinski definition) is 1. The van der Waals surface area contributed by atoms with E-state index in [-0.39, 0.29) is 5.41 Å². The van der Waals surface area contributed by atoms with E-state index in [0.29, 0.717) is 23.8 Å². The Morgan fingerprint density at radius 1 is 1.50 bits per heavy atom. The third-order valence-electron chi connectivity index (χ3n) is 4.30. The molecule has 2 aliphatic rings. The first-order chi connectivity index (χ1) is 8.63. The minimum Gasteiger partial charge on any atom is -0.380 e. The summed E-state index contributed by atoms with van der Waals surface area (Å²) in [6, 6.07) is 6.13. The van der Waals surface area contributed by atoms with Gasteiger partial charge in [-0.15, -0.1) is 0 Å². The zero-order valence-corrected chi connectivity index (χ0v) is 10.7. The molecule has 1 saturated carbocycles. The van der Waals surface area contributed by atoms with Crippen molar-refractivity contribution in [1.29, 1.82) is 5.26 Å². The van der Waals surface area contributed by atoms with Gasteiger partial charge in [-0.2, -0.15) is 5.26 Å². The minimum atomic E-state index is 0.162. The van der Waals surface area contributed by atoms with Gasteiger partial charge >= 0.3 is 0 Å². The molecule has 0 spiro atoms. The SMILES string of the molecule is CC1(C)[C@H](Nc2ccc(C#N)nc2)[C@@H]2CCO[C@@H]21. The largest absolute Gasteiger partial charge is 0.380 e. The summed E-state index contributed by atoms with van der Waals surface area (Å²) < 4.78 is 5.77. The zero-order valence-electron chi connectivity index (χ0n) is 10.7. The molecule has 1 aromatic rings. The number of fused-ring (bicyclic) bond motifs is 1. The summed E-state index contributed by atoms with van der Waals surface area (Å²) in [5.74, 6) is 0.607. The second-order valence-corrected chi connectivity index (χ2v) is 5.73. The van der Waals surface area contributed by atoms with Crippen LogP contribution in [0.5, 0.6) is 0 Å². The van der Waals surface area contributed by atoms with Gasteiger partial charge in [0.05, 0.1) is 18.0 Å². The van der Waals surface area contributed by atoms with Gasteiger partial charge in [-0.25, -0.2) is 4.98 Å². The fourth-order valence-electron chi connectivity index (χ4n) is 3.34. The van der Waals surface area contributed by atoms with Gasteiger partial charge in [-0.05, 0) is 18.6 Å². The number of nitrogens with zero attached hydrogens (tertiary/aromatic N) is 2. The average Bonchev–Trinajstić information content (AvgIpc) is 2.83. The van der Waals surface area contributed by atoms with Crippen molar-refractivity contribution in [1.82, 2.24) is 4.98 Å². The second-order valence-electron chi connectivity index (χ2n) is 5.73. The van der Waals surface area contributed by atoms with Crippen LogP contribution >= 0.6 is 0 Å². The highest BCUT2D eigenvalue weighted by atomic mass is 16.5. The van der Waals surface area contributed by atoms with Gasteiger partial charge in [0.1, 0.15) is 11.8 Å². The van der Waals surface area contributed by atoms with E-state index in [9.17, 15) is 0 Å². The molecule has 0 radical (unpaired) electrons. The summed E-state index contributed by atoms with van der Waals surface area (Å²) in [5.41, 5.74) is 1.60. The van der Waals surface area contributed by atoms with Crippen molar-refractivity contribution in [3.8, 4) is 6.07 Å². The molecule has 2 heterocycles. The minimum absolute atomic E-state index is 0.162. The first kappa shape index (κ1) is 11.5. The van der Waals surface area contributed by atoms with E-state index in [0.717, 1.165) is 18.7 Å². The van der Waals surface area contributed by atoms with Crippen molar-refractivity contribution in [2.24, 2.45) is 11.3 Å². The Balaban J connectivity index is 1.74. The van der Waals surface area contributed by atoms with Crippen LogP contribution in [0.25, 0.3) is 0 Å². The Morgan fingerprint density at radius 2 is 2.33 bits per heavy atom. The molecule has 1 aliphatic heterocycles. The number of nitrogens with one attached hydrogen (secondary N) is 1. The Morgan fingerprint density at radius 3 is 3.00 bits per heavy atom. The fraction of sp³-hybridized carbons (Fsp3) is 0.571. The maximum atomic E-state index is 8.72. The molecule has 18 heavy (non-hydrogen) atoms. The van der Waals surface area contributed by atoms with Gasteiger partial charge in [-0.1, -0.05) is 13.8 Å².